The van der Waals surface area contributed by atoms with E-state index in [1.165, 1.54) is 0 Å². The van der Waals surface area contributed by atoms with E-state index in [-0.39, 0.29) is 28.6 Å². The minimum Gasteiger partial charge on any atom is -0.393 e. The largest absolute Gasteiger partial charge is 0.393 e. The van der Waals surface area contributed by atoms with Gasteiger partial charge in [-0.1, -0.05) is 41.5 Å². The van der Waals surface area contributed by atoms with Crippen molar-refractivity contribution in [2.75, 3.05) is 0 Å². The third-order valence-corrected chi connectivity index (χ3v) is 11.9. The van der Waals surface area contributed by atoms with Gasteiger partial charge in [0.2, 0.25) is 0 Å². The zero-order valence-electron chi connectivity index (χ0n) is 21.7. The predicted octanol–water partition coefficient (Wildman–Crippen LogP) is 3.60. The Balaban J connectivity index is 1.55. The fourth-order valence-electron chi connectivity index (χ4n) is 9.48. The molecule has 5 heteroatoms. The molecule has 4 aliphatic carbocycles. The zero-order chi connectivity index (χ0) is 24.5. The summed E-state index contributed by atoms with van der Waals surface area (Å²) in [7, 11) is 0. The molecule has 0 saturated heterocycles. The number of aliphatic hydroxyl groups is 5. The predicted molar refractivity (Wildman–Crippen MR) is 129 cm³/mol. The molecule has 0 aromatic rings. The van der Waals surface area contributed by atoms with Gasteiger partial charge >= 0.3 is 0 Å². The highest BCUT2D eigenvalue weighted by atomic mass is 16.3. The van der Waals surface area contributed by atoms with Crippen molar-refractivity contribution in [2.24, 2.45) is 58.2 Å². The average molecular weight is 467 g/mol. The van der Waals surface area contributed by atoms with Crippen molar-refractivity contribution in [3.05, 3.63) is 0 Å². The smallest absolute Gasteiger partial charge is 0.0830 e. The molecule has 5 nitrogen and oxygen atoms in total. The second kappa shape index (κ2) is 9.03. The van der Waals surface area contributed by atoms with E-state index in [1.54, 1.807) is 0 Å². The van der Waals surface area contributed by atoms with E-state index < -0.39 is 30.5 Å². The molecule has 0 unspecified atom stereocenters. The topological polar surface area (TPSA) is 101 Å². The maximum absolute atomic E-state index is 11.2. The van der Waals surface area contributed by atoms with Gasteiger partial charge in [0.05, 0.1) is 30.5 Å². The average Bonchev–Trinajstić information content (AvgIpc) is 3.10. The summed E-state index contributed by atoms with van der Waals surface area (Å²) in [5.74, 6) is 2.25. The molecule has 0 heterocycles. The summed E-state index contributed by atoms with van der Waals surface area (Å²) in [5.41, 5.74) is -0.0213. The number of fused-ring (bicyclic) bond motifs is 5. The van der Waals surface area contributed by atoms with Gasteiger partial charge in [-0.3, -0.25) is 0 Å². The van der Waals surface area contributed by atoms with E-state index >= 15 is 0 Å². The Morgan fingerprint density at radius 3 is 1.97 bits per heavy atom. The Morgan fingerprint density at radius 1 is 0.697 bits per heavy atom. The van der Waals surface area contributed by atoms with Crippen LogP contribution < -0.4 is 0 Å². The lowest BCUT2D eigenvalue weighted by Gasteiger charge is -2.63. The number of aliphatic hydroxyl groups excluding tert-OH is 5. The summed E-state index contributed by atoms with van der Waals surface area (Å²) < 4.78 is 0. The van der Waals surface area contributed by atoms with Crippen LogP contribution in [-0.2, 0) is 0 Å². The Morgan fingerprint density at radius 2 is 1.33 bits per heavy atom. The van der Waals surface area contributed by atoms with Gasteiger partial charge in [-0.15, -0.1) is 0 Å². The molecule has 0 aliphatic heterocycles. The normalized spacial score (nSPS) is 51.3. The van der Waals surface area contributed by atoms with Crippen molar-refractivity contribution >= 4 is 0 Å². The second-order valence-electron chi connectivity index (χ2n) is 13.5. The number of rotatable bonds is 5. The molecule has 0 radical (unpaired) electrons. The van der Waals surface area contributed by atoms with Crippen LogP contribution >= 0.6 is 0 Å². The Bertz CT molecular complexity index is 698. The van der Waals surface area contributed by atoms with Gasteiger partial charge in [-0.2, -0.15) is 0 Å². The quantitative estimate of drug-likeness (QED) is 0.426. The van der Waals surface area contributed by atoms with Crippen molar-refractivity contribution in [1.29, 1.82) is 0 Å². The molecule has 0 bridgehead atoms. The van der Waals surface area contributed by atoms with Crippen LogP contribution in [-0.4, -0.2) is 56.1 Å². The fourth-order valence-corrected chi connectivity index (χ4v) is 9.48. The van der Waals surface area contributed by atoms with Gasteiger partial charge in [-0.05, 0) is 103 Å². The number of hydrogen-bond acceptors (Lipinski definition) is 5. The SMILES string of the molecule is CC(C)[C@H](C)[C@@H](O)[C@H](O)[C@@H](C)[C@H]1CC[C@H]2[C@@H]3C[C@H](O)[C@H]4C[C@H](O)[C@H](O)C[C@]4(C)[C@H]3CC[C@]12C. The Labute approximate surface area is 201 Å². The van der Waals surface area contributed by atoms with Gasteiger partial charge in [-0.25, -0.2) is 0 Å². The van der Waals surface area contributed by atoms with Crippen LogP contribution in [0.5, 0.6) is 0 Å². The highest BCUT2D eigenvalue weighted by Gasteiger charge is 2.63. The first kappa shape index (κ1) is 25.9. The van der Waals surface area contributed by atoms with E-state index in [2.05, 4.69) is 34.6 Å². The summed E-state index contributed by atoms with van der Waals surface area (Å²) in [4.78, 5) is 0. The van der Waals surface area contributed by atoms with Gasteiger partial charge in [0.1, 0.15) is 0 Å². The Hall–Kier alpha value is -0.200. The van der Waals surface area contributed by atoms with Crippen LogP contribution in [0, 0.1) is 58.2 Å². The van der Waals surface area contributed by atoms with Crippen molar-refractivity contribution in [2.45, 2.75) is 117 Å². The van der Waals surface area contributed by atoms with Crippen molar-refractivity contribution in [1.82, 2.24) is 0 Å². The molecule has 33 heavy (non-hydrogen) atoms. The highest BCUT2D eigenvalue weighted by molar-refractivity contribution is 5.12. The summed E-state index contributed by atoms with van der Waals surface area (Å²) in [6.45, 7) is 13.0. The van der Waals surface area contributed by atoms with E-state index in [0.717, 1.165) is 32.1 Å². The third kappa shape index (κ3) is 4.02. The Kier molecular flexibility index (Phi) is 7.08. The highest BCUT2D eigenvalue weighted by Crippen LogP contribution is 2.68. The second-order valence-corrected chi connectivity index (χ2v) is 13.5. The van der Waals surface area contributed by atoms with Crippen molar-refractivity contribution in [3.63, 3.8) is 0 Å². The van der Waals surface area contributed by atoms with E-state index in [1.807, 2.05) is 6.92 Å². The molecule has 5 N–H and O–H groups in total. The molecule has 4 fully saturated rings. The molecule has 4 rings (SSSR count). The zero-order valence-corrected chi connectivity index (χ0v) is 21.7. The molecule has 4 saturated carbocycles. The van der Waals surface area contributed by atoms with Gasteiger partial charge in [0.25, 0.3) is 0 Å². The maximum Gasteiger partial charge on any atom is 0.0830 e. The summed E-state index contributed by atoms with van der Waals surface area (Å²) in [5, 5.41) is 54.0. The molecule has 0 aromatic heterocycles. The molecule has 192 valence electrons. The summed E-state index contributed by atoms with van der Waals surface area (Å²) in [6, 6.07) is 0. The van der Waals surface area contributed by atoms with Gasteiger partial charge in [0.15, 0.2) is 0 Å². The molecule has 0 spiro atoms. The molecular weight excluding hydrogens is 416 g/mol. The standard InChI is InChI=1S/C28H50O5/c1-14(2)15(3)25(32)26(33)16(4)18-7-8-19-17-11-22(29)21-12-23(30)24(31)13-28(21,6)20(17)9-10-27(18,19)5/h14-26,29-33H,7-13H2,1-6H3/t15-,16-,17-,18+,19-,20-,21+,22-,23-,24+,25+,26+,27+,28+/m0/s1. The molecule has 0 aromatic carbocycles. The van der Waals surface area contributed by atoms with E-state index in [4.69, 9.17) is 0 Å². The van der Waals surface area contributed by atoms with Crippen LogP contribution in [0.1, 0.15) is 86.5 Å². The lowest BCUT2D eigenvalue weighted by Crippen LogP contribution is -2.60. The monoisotopic (exact) mass is 466 g/mol. The molecule has 4 aliphatic rings. The van der Waals surface area contributed by atoms with Crippen LogP contribution in [0.3, 0.4) is 0 Å². The summed E-state index contributed by atoms with van der Waals surface area (Å²) >= 11 is 0. The van der Waals surface area contributed by atoms with Gasteiger partial charge in [0, 0.05) is 0 Å². The van der Waals surface area contributed by atoms with Crippen LogP contribution in [0.25, 0.3) is 0 Å². The van der Waals surface area contributed by atoms with Crippen molar-refractivity contribution < 1.29 is 25.5 Å². The first-order valence-corrected chi connectivity index (χ1v) is 13.7. The van der Waals surface area contributed by atoms with E-state index in [0.29, 0.717) is 42.4 Å². The minimum atomic E-state index is -0.721. The van der Waals surface area contributed by atoms with Gasteiger partial charge < -0.3 is 25.5 Å². The van der Waals surface area contributed by atoms with Crippen LogP contribution in [0.4, 0.5) is 0 Å². The summed E-state index contributed by atoms with van der Waals surface area (Å²) in [6.07, 6.45) is 3.01. The fraction of sp³-hybridized carbons (Fsp3) is 1.00. The van der Waals surface area contributed by atoms with E-state index in [9.17, 15) is 25.5 Å². The molecular formula is C28H50O5. The third-order valence-electron chi connectivity index (χ3n) is 11.9. The molecule has 0 amide bonds. The lowest BCUT2D eigenvalue weighted by atomic mass is 9.43. The maximum atomic E-state index is 11.2. The number of hydrogen-bond donors (Lipinski definition) is 5. The van der Waals surface area contributed by atoms with Crippen LogP contribution in [0.15, 0.2) is 0 Å². The molecule has 14 atom stereocenters. The minimum absolute atomic E-state index is 0.0382. The first-order chi connectivity index (χ1) is 15.3. The van der Waals surface area contributed by atoms with Crippen molar-refractivity contribution in [3.8, 4) is 0 Å². The first-order valence-electron chi connectivity index (χ1n) is 13.7. The van der Waals surface area contributed by atoms with Crippen LogP contribution in [0.2, 0.25) is 0 Å². The lowest BCUT2D eigenvalue weighted by molar-refractivity contribution is -0.197.